The Bertz CT molecular complexity index is 599. The van der Waals surface area contributed by atoms with Crippen molar-refractivity contribution in [2.75, 3.05) is 12.3 Å². The van der Waals surface area contributed by atoms with Gasteiger partial charge in [-0.1, -0.05) is 6.42 Å². The smallest absolute Gasteiger partial charge is 0.241 e. The highest BCUT2D eigenvalue weighted by Crippen LogP contribution is 2.28. The minimum absolute atomic E-state index is 0.00670. The van der Waals surface area contributed by atoms with Crippen LogP contribution in [0, 0.1) is 19.8 Å². The first-order chi connectivity index (χ1) is 9.35. The molecule has 0 heterocycles. The maximum atomic E-state index is 12.5. The zero-order valence-corrected chi connectivity index (χ0v) is 12.7. The Morgan fingerprint density at radius 2 is 2.05 bits per heavy atom. The van der Waals surface area contributed by atoms with Crippen LogP contribution in [0.2, 0.25) is 0 Å². The molecule has 0 aromatic heterocycles. The monoisotopic (exact) mass is 298 g/mol. The van der Waals surface area contributed by atoms with Crippen LogP contribution < -0.4 is 10.5 Å². The lowest BCUT2D eigenvalue weighted by Gasteiger charge is -2.20. The predicted molar refractivity (Wildman–Crippen MR) is 78.9 cm³/mol. The van der Waals surface area contributed by atoms with Gasteiger partial charge in [-0.05, 0) is 55.9 Å². The summed E-state index contributed by atoms with van der Waals surface area (Å²) >= 11 is 0. The summed E-state index contributed by atoms with van der Waals surface area (Å²) in [6.45, 7) is 3.55. The Morgan fingerprint density at radius 1 is 1.35 bits per heavy atom. The van der Waals surface area contributed by atoms with E-state index in [1.54, 1.807) is 19.1 Å². The van der Waals surface area contributed by atoms with Gasteiger partial charge in [-0.15, -0.1) is 0 Å². The van der Waals surface area contributed by atoms with Crippen molar-refractivity contribution in [1.82, 2.24) is 4.72 Å². The van der Waals surface area contributed by atoms with E-state index in [9.17, 15) is 13.5 Å². The van der Waals surface area contributed by atoms with Gasteiger partial charge in [0, 0.05) is 18.3 Å². The lowest BCUT2D eigenvalue weighted by Crippen LogP contribution is -2.38. The molecule has 0 bridgehead atoms. The average Bonchev–Trinajstić information content (AvgIpc) is 2.80. The largest absolute Gasteiger partial charge is 0.398 e. The van der Waals surface area contributed by atoms with Gasteiger partial charge in [0.2, 0.25) is 10.0 Å². The molecule has 0 aliphatic heterocycles. The summed E-state index contributed by atoms with van der Waals surface area (Å²) in [5, 5.41) is 9.29. The third kappa shape index (κ3) is 2.97. The normalized spacial score (nSPS) is 23.1. The van der Waals surface area contributed by atoms with E-state index in [1.165, 1.54) is 0 Å². The van der Waals surface area contributed by atoms with Gasteiger partial charge in [-0.3, -0.25) is 0 Å². The molecule has 1 aromatic rings. The number of nitrogens with one attached hydrogen (secondary N) is 1. The Balaban J connectivity index is 2.31. The van der Waals surface area contributed by atoms with Crippen molar-refractivity contribution in [1.29, 1.82) is 0 Å². The maximum absolute atomic E-state index is 12.5. The van der Waals surface area contributed by atoms with Gasteiger partial charge in [0.05, 0.1) is 4.90 Å². The molecule has 112 valence electrons. The molecule has 1 fully saturated rings. The SMILES string of the molecule is Cc1cc(N)c(C)c(S(=O)(=O)NC2CCCC2CO)c1. The highest BCUT2D eigenvalue weighted by molar-refractivity contribution is 7.89. The van der Waals surface area contributed by atoms with Crippen molar-refractivity contribution in [3.8, 4) is 0 Å². The van der Waals surface area contributed by atoms with Crippen molar-refractivity contribution in [2.45, 2.75) is 44.0 Å². The third-order valence-corrected chi connectivity index (χ3v) is 5.65. The first-order valence-corrected chi connectivity index (χ1v) is 8.33. The average molecular weight is 298 g/mol. The number of nitrogens with two attached hydrogens (primary N) is 1. The number of aliphatic hydroxyl groups is 1. The van der Waals surface area contributed by atoms with E-state index in [0.717, 1.165) is 24.8 Å². The van der Waals surface area contributed by atoms with Crippen molar-refractivity contribution in [2.24, 2.45) is 5.92 Å². The molecule has 20 heavy (non-hydrogen) atoms. The number of anilines is 1. The number of aryl methyl sites for hydroxylation is 1. The lowest BCUT2D eigenvalue weighted by molar-refractivity contribution is 0.213. The van der Waals surface area contributed by atoms with Crippen LogP contribution in [0.4, 0.5) is 5.69 Å². The molecule has 0 spiro atoms. The van der Waals surface area contributed by atoms with Crippen LogP contribution >= 0.6 is 0 Å². The van der Waals surface area contributed by atoms with Crippen LogP contribution in [0.25, 0.3) is 0 Å². The minimum Gasteiger partial charge on any atom is -0.398 e. The summed E-state index contributed by atoms with van der Waals surface area (Å²) in [6.07, 6.45) is 2.57. The molecule has 2 rings (SSSR count). The summed E-state index contributed by atoms with van der Waals surface area (Å²) in [4.78, 5) is 0.235. The summed E-state index contributed by atoms with van der Waals surface area (Å²) in [6, 6.07) is 3.21. The van der Waals surface area contributed by atoms with Crippen LogP contribution in [0.15, 0.2) is 17.0 Å². The zero-order valence-electron chi connectivity index (χ0n) is 11.9. The fraction of sp³-hybridized carbons (Fsp3) is 0.571. The molecule has 1 saturated carbocycles. The Hall–Kier alpha value is -1.11. The molecule has 1 aliphatic rings. The van der Waals surface area contributed by atoms with Crippen molar-refractivity contribution >= 4 is 15.7 Å². The number of benzene rings is 1. The summed E-state index contributed by atoms with van der Waals surface area (Å²) in [7, 11) is -3.60. The standard InChI is InChI=1S/C14H22N2O3S/c1-9-6-12(15)10(2)14(7-9)20(18,19)16-13-5-3-4-11(13)8-17/h6-7,11,13,16-17H,3-5,8,15H2,1-2H3. The van der Waals surface area contributed by atoms with Crippen molar-refractivity contribution < 1.29 is 13.5 Å². The molecule has 2 atom stereocenters. The molecule has 0 amide bonds. The minimum atomic E-state index is -3.60. The van der Waals surface area contributed by atoms with Crippen LogP contribution in [-0.2, 0) is 10.0 Å². The highest BCUT2D eigenvalue weighted by atomic mass is 32.2. The summed E-state index contributed by atoms with van der Waals surface area (Å²) < 4.78 is 27.8. The van der Waals surface area contributed by atoms with E-state index >= 15 is 0 Å². The van der Waals surface area contributed by atoms with Crippen LogP contribution in [0.3, 0.4) is 0 Å². The van der Waals surface area contributed by atoms with Crippen LogP contribution in [0.5, 0.6) is 0 Å². The van der Waals surface area contributed by atoms with Gasteiger partial charge >= 0.3 is 0 Å². The van der Waals surface area contributed by atoms with Gasteiger partial charge in [-0.2, -0.15) is 0 Å². The van der Waals surface area contributed by atoms with Crippen molar-refractivity contribution in [3.05, 3.63) is 23.3 Å². The van der Waals surface area contributed by atoms with E-state index in [4.69, 9.17) is 5.73 Å². The molecule has 0 radical (unpaired) electrons. The predicted octanol–water partition coefficient (Wildman–Crippen LogP) is 1.32. The second kappa shape index (κ2) is 5.71. The van der Waals surface area contributed by atoms with E-state index in [1.807, 2.05) is 6.92 Å². The lowest BCUT2D eigenvalue weighted by atomic mass is 10.1. The number of rotatable bonds is 4. The quantitative estimate of drug-likeness (QED) is 0.731. The van der Waals surface area contributed by atoms with E-state index in [0.29, 0.717) is 11.3 Å². The molecule has 2 unspecified atom stereocenters. The van der Waals surface area contributed by atoms with E-state index in [2.05, 4.69) is 4.72 Å². The molecule has 5 nitrogen and oxygen atoms in total. The maximum Gasteiger partial charge on any atom is 0.241 e. The fourth-order valence-corrected chi connectivity index (χ4v) is 4.50. The number of nitrogen functional groups attached to an aromatic ring is 1. The van der Waals surface area contributed by atoms with Crippen molar-refractivity contribution in [3.63, 3.8) is 0 Å². The van der Waals surface area contributed by atoms with Gasteiger partial charge < -0.3 is 10.8 Å². The van der Waals surface area contributed by atoms with Crippen LogP contribution in [0.1, 0.15) is 30.4 Å². The summed E-state index contributed by atoms with van der Waals surface area (Å²) in [5.41, 5.74) is 7.72. The van der Waals surface area contributed by atoms with Gasteiger partial charge in [0.1, 0.15) is 0 Å². The third-order valence-electron chi connectivity index (χ3n) is 4.03. The molecule has 6 heteroatoms. The molecular weight excluding hydrogens is 276 g/mol. The zero-order chi connectivity index (χ0) is 14.9. The van der Waals surface area contributed by atoms with Crippen LogP contribution in [-0.4, -0.2) is 26.2 Å². The number of hydrogen-bond donors (Lipinski definition) is 3. The fourth-order valence-electron chi connectivity index (χ4n) is 2.80. The molecule has 1 aromatic carbocycles. The van der Waals surface area contributed by atoms with E-state index < -0.39 is 10.0 Å². The highest BCUT2D eigenvalue weighted by Gasteiger charge is 2.31. The summed E-state index contributed by atoms with van der Waals surface area (Å²) in [5.74, 6) is 0.00670. The van der Waals surface area contributed by atoms with Gasteiger partial charge in [0.25, 0.3) is 0 Å². The van der Waals surface area contributed by atoms with E-state index in [-0.39, 0.29) is 23.5 Å². The Kier molecular flexibility index (Phi) is 4.36. The number of sulfonamides is 1. The first kappa shape index (κ1) is 15.3. The molecular formula is C14H22N2O3S. The molecule has 0 saturated heterocycles. The van der Waals surface area contributed by atoms with Gasteiger partial charge in [-0.25, -0.2) is 13.1 Å². The molecule has 4 N–H and O–H groups in total. The Morgan fingerprint density at radius 3 is 2.70 bits per heavy atom. The molecule has 1 aliphatic carbocycles. The van der Waals surface area contributed by atoms with Gasteiger partial charge in [0.15, 0.2) is 0 Å². The topological polar surface area (TPSA) is 92.4 Å². The second-order valence-corrected chi connectivity index (χ2v) is 7.26. The number of hydrogen-bond acceptors (Lipinski definition) is 4. The number of aliphatic hydroxyl groups excluding tert-OH is 1. The Labute approximate surface area is 120 Å². The second-order valence-electron chi connectivity index (χ2n) is 5.58. The first-order valence-electron chi connectivity index (χ1n) is 6.85.